The Balaban J connectivity index is 1.54. The number of hydrogen-bond donors (Lipinski definition) is 0. The van der Waals surface area contributed by atoms with Gasteiger partial charge in [0.15, 0.2) is 0 Å². The Bertz CT molecular complexity index is 630. The minimum atomic E-state index is 0.588. The molecule has 0 nitrogen and oxygen atoms in total. The van der Waals surface area contributed by atoms with Gasteiger partial charge in [-0.15, -0.1) is 0 Å². The van der Waals surface area contributed by atoms with Crippen LogP contribution in [-0.2, 0) is 0 Å². The zero-order chi connectivity index (χ0) is 19.0. The van der Waals surface area contributed by atoms with Crippen LogP contribution in [0.25, 0.3) is 0 Å². The molecule has 0 saturated heterocycles. The fraction of sp³-hybridized carbons (Fsp3) is 0.926. The second kappa shape index (κ2) is 6.12. The molecule has 9 unspecified atom stereocenters. The molecule has 5 aliphatic carbocycles. The first-order chi connectivity index (χ1) is 12.8. The fourth-order valence-electron chi connectivity index (χ4n) is 10.2. The highest BCUT2D eigenvalue weighted by Crippen LogP contribution is 2.70. The summed E-state index contributed by atoms with van der Waals surface area (Å²) in [5.74, 6) is 5.64. The van der Waals surface area contributed by atoms with E-state index in [9.17, 15) is 0 Å². The van der Waals surface area contributed by atoms with Crippen molar-refractivity contribution in [1.82, 2.24) is 0 Å². The summed E-state index contributed by atoms with van der Waals surface area (Å²) in [7, 11) is 0. The van der Waals surface area contributed by atoms with E-state index in [1.165, 1.54) is 70.6 Å². The smallest absolute Gasteiger partial charge is 0.0121 e. The molecule has 5 aliphatic rings. The lowest BCUT2D eigenvalue weighted by Gasteiger charge is -2.66. The largest absolute Gasteiger partial charge is 0.0844 e. The lowest BCUT2D eigenvalue weighted by atomic mass is 9.39. The minimum absolute atomic E-state index is 0.588. The van der Waals surface area contributed by atoms with E-state index in [4.69, 9.17) is 0 Å². The Morgan fingerprint density at radius 2 is 1.52 bits per heavy atom. The number of hydrogen-bond acceptors (Lipinski definition) is 0. The molecule has 4 fully saturated rings. The van der Waals surface area contributed by atoms with Gasteiger partial charge >= 0.3 is 0 Å². The summed E-state index contributed by atoms with van der Waals surface area (Å²) < 4.78 is 0. The highest BCUT2D eigenvalue weighted by atomic mass is 14.7. The maximum absolute atomic E-state index is 2.84. The average Bonchev–Trinajstić information content (AvgIpc) is 2.60. The van der Waals surface area contributed by atoms with Crippen molar-refractivity contribution in [1.29, 1.82) is 0 Å². The Hall–Kier alpha value is -0.260. The van der Waals surface area contributed by atoms with Crippen LogP contribution in [0.4, 0.5) is 0 Å². The second-order valence-corrected chi connectivity index (χ2v) is 12.6. The molecule has 0 heteroatoms. The highest BCUT2D eigenvalue weighted by Gasteiger charge is 2.61. The molecule has 27 heavy (non-hydrogen) atoms. The summed E-state index contributed by atoms with van der Waals surface area (Å²) in [5, 5.41) is 0. The third-order valence-corrected chi connectivity index (χ3v) is 11.4. The molecule has 0 aromatic carbocycles. The molecule has 5 rings (SSSR count). The first-order valence-corrected chi connectivity index (χ1v) is 12.5. The molecule has 0 heterocycles. The van der Waals surface area contributed by atoms with E-state index in [2.05, 4.69) is 40.7 Å². The number of fused-ring (bicyclic) bond motifs is 7. The van der Waals surface area contributed by atoms with Crippen LogP contribution in [0.3, 0.4) is 0 Å². The molecule has 0 aliphatic heterocycles. The lowest BCUT2D eigenvalue weighted by Crippen LogP contribution is -2.58. The van der Waals surface area contributed by atoms with E-state index < -0.39 is 0 Å². The predicted molar refractivity (Wildman–Crippen MR) is 115 cm³/mol. The average molecular weight is 369 g/mol. The van der Waals surface area contributed by atoms with Crippen LogP contribution in [0.2, 0.25) is 0 Å². The van der Waals surface area contributed by atoms with Crippen LogP contribution < -0.4 is 0 Å². The van der Waals surface area contributed by atoms with Gasteiger partial charge in [-0.25, -0.2) is 0 Å². The molecule has 4 saturated carbocycles. The van der Waals surface area contributed by atoms with Gasteiger partial charge in [-0.05, 0) is 96.7 Å². The maximum atomic E-state index is 2.84. The number of rotatable bonds is 0. The molecule has 0 aromatic rings. The van der Waals surface area contributed by atoms with Gasteiger partial charge in [0, 0.05) is 0 Å². The monoisotopic (exact) mass is 368 g/mol. The van der Waals surface area contributed by atoms with Gasteiger partial charge in [0.25, 0.3) is 0 Å². The van der Waals surface area contributed by atoms with E-state index in [0.717, 1.165) is 35.5 Å². The van der Waals surface area contributed by atoms with Gasteiger partial charge in [-0.1, -0.05) is 72.0 Å². The van der Waals surface area contributed by atoms with E-state index in [1.54, 1.807) is 0 Å². The van der Waals surface area contributed by atoms with E-state index in [-0.39, 0.29) is 0 Å². The topological polar surface area (TPSA) is 0 Å². The van der Waals surface area contributed by atoms with Gasteiger partial charge in [-0.3, -0.25) is 0 Å². The van der Waals surface area contributed by atoms with Crippen molar-refractivity contribution < 1.29 is 0 Å². The molecule has 152 valence electrons. The van der Waals surface area contributed by atoms with Crippen molar-refractivity contribution in [2.45, 2.75) is 105 Å². The third kappa shape index (κ3) is 2.46. The molecular formula is C27H44. The van der Waals surface area contributed by atoms with E-state index >= 15 is 0 Å². The second-order valence-electron chi connectivity index (χ2n) is 12.6. The summed E-state index contributed by atoms with van der Waals surface area (Å²) in [6, 6.07) is 0. The zero-order valence-corrected chi connectivity index (χ0v) is 18.8. The molecule has 0 aromatic heterocycles. The standard InChI is InChI=1S/C27H44/c1-18-8-7-15-26(4)21(18)13-17-27(5)22-12-16-25(3)14-6-9-19(2)24(25)20(22)10-11-23(26)27/h10,18-19,21-24H,6-9,11-17H2,1-5H3. The SMILES string of the molecule is CC1CCCC2(C)CCC3C(=CCC4C3(C)CCC3C(C)CCCC34C)C12. The normalized spacial score (nSPS) is 57.6. The summed E-state index contributed by atoms with van der Waals surface area (Å²) in [4.78, 5) is 0. The Labute approximate surface area is 169 Å². The van der Waals surface area contributed by atoms with E-state index in [0.29, 0.717) is 16.2 Å². The lowest BCUT2D eigenvalue weighted by molar-refractivity contribution is -0.134. The van der Waals surface area contributed by atoms with Crippen molar-refractivity contribution >= 4 is 0 Å². The van der Waals surface area contributed by atoms with Crippen LogP contribution in [0.15, 0.2) is 11.6 Å². The molecule has 0 bridgehead atoms. The highest BCUT2D eigenvalue weighted by molar-refractivity contribution is 5.28. The molecule has 9 atom stereocenters. The molecule has 0 amide bonds. The third-order valence-electron chi connectivity index (χ3n) is 11.4. The molecular weight excluding hydrogens is 324 g/mol. The van der Waals surface area contributed by atoms with Crippen molar-refractivity contribution in [3.63, 3.8) is 0 Å². The van der Waals surface area contributed by atoms with Crippen LogP contribution >= 0.6 is 0 Å². The van der Waals surface area contributed by atoms with Gasteiger partial charge < -0.3 is 0 Å². The van der Waals surface area contributed by atoms with Gasteiger partial charge in [0.2, 0.25) is 0 Å². The maximum Gasteiger partial charge on any atom is -0.0121 e. The molecule has 0 radical (unpaired) electrons. The van der Waals surface area contributed by atoms with Crippen molar-refractivity contribution in [3.8, 4) is 0 Å². The van der Waals surface area contributed by atoms with Gasteiger partial charge in [0.05, 0.1) is 0 Å². The van der Waals surface area contributed by atoms with Crippen molar-refractivity contribution in [3.05, 3.63) is 11.6 Å². The van der Waals surface area contributed by atoms with Crippen molar-refractivity contribution in [2.75, 3.05) is 0 Å². The molecule has 0 N–H and O–H groups in total. The Kier molecular flexibility index (Phi) is 4.25. The van der Waals surface area contributed by atoms with Gasteiger partial charge in [-0.2, -0.15) is 0 Å². The van der Waals surface area contributed by atoms with Gasteiger partial charge in [0.1, 0.15) is 0 Å². The number of allylic oxidation sites excluding steroid dienone is 2. The zero-order valence-electron chi connectivity index (χ0n) is 18.8. The minimum Gasteiger partial charge on any atom is -0.0844 e. The Morgan fingerprint density at radius 1 is 0.778 bits per heavy atom. The van der Waals surface area contributed by atoms with Crippen molar-refractivity contribution in [2.24, 2.45) is 51.8 Å². The molecule has 0 spiro atoms. The summed E-state index contributed by atoms with van der Waals surface area (Å²) >= 11 is 0. The van der Waals surface area contributed by atoms with Crippen LogP contribution in [0.1, 0.15) is 105 Å². The van der Waals surface area contributed by atoms with Crippen LogP contribution in [-0.4, -0.2) is 0 Å². The van der Waals surface area contributed by atoms with Crippen LogP contribution in [0.5, 0.6) is 0 Å². The van der Waals surface area contributed by atoms with E-state index in [1.807, 2.05) is 5.57 Å². The first kappa shape index (κ1) is 18.7. The first-order valence-electron chi connectivity index (χ1n) is 12.5. The van der Waals surface area contributed by atoms with Crippen LogP contribution in [0, 0.1) is 51.8 Å². The quantitative estimate of drug-likeness (QED) is 0.380. The fourth-order valence-corrected chi connectivity index (χ4v) is 10.2. The Morgan fingerprint density at radius 3 is 2.33 bits per heavy atom. The summed E-state index contributed by atoms with van der Waals surface area (Å²) in [6.07, 6.45) is 19.2. The summed E-state index contributed by atoms with van der Waals surface area (Å²) in [5.41, 5.74) is 3.78. The predicted octanol–water partition coefficient (Wildman–Crippen LogP) is 8.03. The summed E-state index contributed by atoms with van der Waals surface area (Å²) in [6.45, 7) is 13.3.